The van der Waals surface area contributed by atoms with E-state index in [1.807, 2.05) is 0 Å². The Balaban J connectivity index is 1.93. The first-order valence-corrected chi connectivity index (χ1v) is 7.64. The van der Waals surface area contributed by atoms with Crippen molar-refractivity contribution in [3.05, 3.63) is 35.2 Å². The Hall–Kier alpha value is -3.23. The van der Waals surface area contributed by atoms with E-state index in [9.17, 15) is 9.59 Å². The number of nitrogens with one attached hydrogen (secondary N) is 1. The summed E-state index contributed by atoms with van der Waals surface area (Å²) in [6, 6.07) is 4.78. The van der Waals surface area contributed by atoms with Crippen molar-refractivity contribution < 1.29 is 33.1 Å². The van der Waals surface area contributed by atoms with Crippen LogP contribution in [0.2, 0.25) is 0 Å². The maximum atomic E-state index is 11.9. The molecule has 0 unspecified atom stereocenters. The smallest absolute Gasteiger partial charge is 0.377 e. The highest BCUT2D eigenvalue weighted by atomic mass is 16.6. The molecular weight excluding hydrogens is 344 g/mol. The Bertz CT molecular complexity index is 785. The molecule has 2 rings (SSSR count). The number of carbonyl (C=O) groups excluding carboxylic acids is 2. The van der Waals surface area contributed by atoms with Crippen LogP contribution in [0.15, 0.2) is 22.7 Å². The third kappa shape index (κ3) is 4.65. The topological polar surface area (TPSA) is 109 Å². The van der Waals surface area contributed by atoms with Crippen LogP contribution in [0, 0.1) is 6.92 Å². The number of nitrogens with zero attached hydrogens (tertiary/aromatic N) is 1. The lowest BCUT2D eigenvalue weighted by Crippen LogP contribution is -2.28. The van der Waals surface area contributed by atoms with Gasteiger partial charge in [-0.2, -0.15) is 0 Å². The van der Waals surface area contributed by atoms with Crippen LogP contribution >= 0.6 is 0 Å². The number of aryl methyl sites for hydroxylation is 1. The zero-order valence-electron chi connectivity index (χ0n) is 15.0. The van der Waals surface area contributed by atoms with Crippen molar-refractivity contribution in [1.29, 1.82) is 0 Å². The first-order valence-electron chi connectivity index (χ1n) is 7.64. The fraction of sp³-hybridized carbons (Fsp3) is 0.353. The first-order chi connectivity index (χ1) is 12.5. The van der Waals surface area contributed by atoms with Gasteiger partial charge < -0.3 is 28.8 Å². The SMILES string of the molecule is COc1cc(OC)c(OC)cc1CNC(=O)COC(=O)c1cc(C)no1. The van der Waals surface area contributed by atoms with Crippen LogP contribution in [0.25, 0.3) is 0 Å². The molecule has 1 heterocycles. The van der Waals surface area contributed by atoms with Crippen molar-refractivity contribution in [2.75, 3.05) is 27.9 Å². The van der Waals surface area contributed by atoms with E-state index in [2.05, 4.69) is 10.5 Å². The van der Waals surface area contributed by atoms with E-state index < -0.39 is 18.5 Å². The summed E-state index contributed by atoms with van der Waals surface area (Å²) >= 11 is 0. The van der Waals surface area contributed by atoms with Gasteiger partial charge in [-0.3, -0.25) is 4.79 Å². The van der Waals surface area contributed by atoms with Gasteiger partial charge in [-0.05, 0) is 13.0 Å². The minimum Gasteiger partial charge on any atom is -0.496 e. The monoisotopic (exact) mass is 364 g/mol. The largest absolute Gasteiger partial charge is 0.496 e. The van der Waals surface area contributed by atoms with Gasteiger partial charge in [0, 0.05) is 24.2 Å². The zero-order valence-corrected chi connectivity index (χ0v) is 15.0. The number of ether oxygens (including phenoxy) is 4. The molecule has 1 N–H and O–H groups in total. The van der Waals surface area contributed by atoms with Crippen molar-refractivity contribution in [3.63, 3.8) is 0 Å². The Morgan fingerprint density at radius 3 is 2.27 bits per heavy atom. The van der Waals surface area contributed by atoms with E-state index in [0.717, 1.165) is 0 Å². The quantitative estimate of drug-likeness (QED) is 0.702. The summed E-state index contributed by atoms with van der Waals surface area (Å²) in [5.74, 6) is 0.241. The molecule has 26 heavy (non-hydrogen) atoms. The lowest BCUT2D eigenvalue weighted by atomic mass is 10.1. The predicted octanol–water partition coefficient (Wildman–Crippen LogP) is 1.48. The summed E-state index contributed by atoms with van der Waals surface area (Å²) in [7, 11) is 4.54. The zero-order chi connectivity index (χ0) is 19.1. The van der Waals surface area contributed by atoms with Gasteiger partial charge in [0.1, 0.15) is 5.75 Å². The van der Waals surface area contributed by atoms with Crippen molar-refractivity contribution in [2.24, 2.45) is 0 Å². The van der Waals surface area contributed by atoms with E-state index in [0.29, 0.717) is 28.5 Å². The van der Waals surface area contributed by atoms with E-state index in [4.69, 9.17) is 23.5 Å². The van der Waals surface area contributed by atoms with E-state index in [1.165, 1.54) is 27.4 Å². The van der Waals surface area contributed by atoms with Gasteiger partial charge >= 0.3 is 5.97 Å². The maximum absolute atomic E-state index is 11.9. The molecule has 0 spiro atoms. The van der Waals surface area contributed by atoms with Crippen molar-refractivity contribution in [1.82, 2.24) is 10.5 Å². The van der Waals surface area contributed by atoms with Crippen LogP contribution in [0.4, 0.5) is 0 Å². The van der Waals surface area contributed by atoms with Gasteiger partial charge in [0.05, 0.1) is 27.0 Å². The summed E-state index contributed by atoms with van der Waals surface area (Å²) in [5.41, 5.74) is 1.22. The third-order valence-electron chi connectivity index (χ3n) is 3.43. The summed E-state index contributed by atoms with van der Waals surface area (Å²) in [4.78, 5) is 23.6. The molecule has 0 radical (unpaired) electrons. The van der Waals surface area contributed by atoms with Crippen LogP contribution in [0.3, 0.4) is 0 Å². The molecule has 9 heteroatoms. The number of amides is 1. The number of methoxy groups -OCH3 is 3. The van der Waals surface area contributed by atoms with Crippen LogP contribution in [0.5, 0.6) is 17.2 Å². The fourth-order valence-corrected chi connectivity index (χ4v) is 2.14. The Labute approximate surface area is 150 Å². The fourth-order valence-electron chi connectivity index (χ4n) is 2.14. The molecule has 0 aliphatic rings. The molecule has 0 saturated heterocycles. The number of rotatable bonds is 8. The molecule has 0 bridgehead atoms. The Morgan fingerprint density at radius 2 is 1.69 bits per heavy atom. The van der Waals surface area contributed by atoms with Crippen LogP contribution in [0.1, 0.15) is 21.8 Å². The van der Waals surface area contributed by atoms with Crippen molar-refractivity contribution in [3.8, 4) is 17.2 Å². The molecule has 2 aromatic rings. The number of hydrogen-bond acceptors (Lipinski definition) is 8. The van der Waals surface area contributed by atoms with Gasteiger partial charge in [0.2, 0.25) is 5.76 Å². The average molecular weight is 364 g/mol. The first kappa shape index (κ1) is 19.1. The normalized spacial score (nSPS) is 10.2. The van der Waals surface area contributed by atoms with E-state index in [1.54, 1.807) is 19.1 Å². The molecule has 0 aliphatic carbocycles. The van der Waals surface area contributed by atoms with E-state index >= 15 is 0 Å². The van der Waals surface area contributed by atoms with Crippen molar-refractivity contribution >= 4 is 11.9 Å². The second-order valence-electron chi connectivity index (χ2n) is 5.20. The lowest BCUT2D eigenvalue weighted by Gasteiger charge is -2.14. The molecule has 1 aromatic heterocycles. The molecule has 0 aliphatic heterocycles. The number of hydrogen-bond donors (Lipinski definition) is 1. The number of benzene rings is 1. The highest BCUT2D eigenvalue weighted by Crippen LogP contribution is 2.34. The average Bonchev–Trinajstić information content (AvgIpc) is 3.09. The lowest BCUT2D eigenvalue weighted by molar-refractivity contribution is -0.124. The number of aromatic nitrogens is 1. The number of carbonyl (C=O) groups is 2. The highest BCUT2D eigenvalue weighted by molar-refractivity contribution is 5.88. The van der Waals surface area contributed by atoms with Crippen LogP contribution in [-0.2, 0) is 16.1 Å². The Kier molecular flexibility index (Phi) is 6.42. The standard InChI is InChI=1S/C17H20N2O7/c1-10-5-15(26-19-10)17(21)25-9-16(20)18-8-11-6-13(23-3)14(24-4)7-12(11)22-2/h5-7H,8-9H2,1-4H3,(H,18,20). The van der Waals surface area contributed by atoms with E-state index in [-0.39, 0.29) is 12.3 Å². The van der Waals surface area contributed by atoms with Gasteiger partial charge in [-0.15, -0.1) is 0 Å². The predicted molar refractivity (Wildman–Crippen MR) is 89.5 cm³/mol. The van der Waals surface area contributed by atoms with Gasteiger partial charge in [-0.25, -0.2) is 4.79 Å². The molecule has 0 saturated carbocycles. The molecule has 9 nitrogen and oxygen atoms in total. The summed E-state index contributed by atoms with van der Waals surface area (Å²) < 4.78 is 25.4. The van der Waals surface area contributed by atoms with Gasteiger partial charge in [-0.1, -0.05) is 5.16 Å². The minimum absolute atomic E-state index is 0.0585. The second kappa shape index (κ2) is 8.75. The molecule has 1 amide bonds. The minimum atomic E-state index is -0.760. The van der Waals surface area contributed by atoms with Gasteiger partial charge in [0.25, 0.3) is 5.91 Å². The number of esters is 1. The summed E-state index contributed by atoms with van der Waals surface area (Å²) in [6.45, 7) is 1.37. The van der Waals surface area contributed by atoms with Crippen molar-refractivity contribution in [2.45, 2.75) is 13.5 Å². The highest BCUT2D eigenvalue weighted by Gasteiger charge is 2.16. The van der Waals surface area contributed by atoms with Crippen LogP contribution < -0.4 is 19.5 Å². The second-order valence-corrected chi connectivity index (χ2v) is 5.20. The third-order valence-corrected chi connectivity index (χ3v) is 3.43. The van der Waals surface area contributed by atoms with Crippen LogP contribution in [-0.4, -0.2) is 45.0 Å². The van der Waals surface area contributed by atoms with Gasteiger partial charge in [0.15, 0.2) is 18.1 Å². The summed E-state index contributed by atoms with van der Waals surface area (Å²) in [6.07, 6.45) is 0. The molecule has 1 aromatic carbocycles. The molecule has 140 valence electrons. The molecule has 0 atom stereocenters. The maximum Gasteiger partial charge on any atom is 0.377 e. The Morgan fingerprint density at radius 1 is 1.04 bits per heavy atom. The molecular formula is C17H20N2O7. The summed E-state index contributed by atoms with van der Waals surface area (Å²) in [5, 5.41) is 6.21. The molecule has 0 fully saturated rings.